The summed E-state index contributed by atoms with van der Waals surface area (Å²) in [7, 11) is 0. The predicted octanol–water partition coefficient (Wildman–Crippen LogP) is 4.52. The molecule has 0 aliphatic carbocycles. The Hall–Kier alpha value is -1.09. The molecule has 1 unspecified atom stereocenters. The average Bonchev–Trinajstić information content (AvgIpc) is 2.35. The first-order chi connectivity index (χ1) is 8.49. The molecule has 0 amide bonds. The lowest BCUT2D eigenvalue weighted by Gasteiger charge is -2.13. The summed E-state index contributed by atoms with van der Waals surface area (Å²) in [5, 5.41) is 11.0. The first-order valence-corrected chi connectivity index (χ1v) is 6.13. The predicted molar refractivity (Wildman–Crippen MR) is 71.7 cm³/mol. The molecule has 0 fully saturated rings. The highest BCUT2D eigenvalue weighted by molar-refractivity contribution is 6.42. The second-order valence-electron chi connectivity index (χ2n) is 4.08. The number of rotatable bonds is 2. The molecule has 0 saturated carbocycles. The molecule has 0 radical (unpaired) electrons. The Labute approximate surface area is 115 Å². The highest BCUT2D eigenvalue weighted by atomic mass is 35.5. The van der Waals surface area contributed by atoms with Crippen LogP contribution in [0.2, 0.25) is 10.0 Å². The van der Waals surface area contributed by atoms with Gasteiger partial charge in [-0.2, -0.15) is 0 Å². The van der Waals surface area contributed by atoms with Gasteiger partial charge in [-0.3, -0.25) is 0 Å². The molecule has 2 aromatic rings. The van der Waals surface area contributed by atoms with Crippen LogP contribution in [0.4, 0.5) is 4.39 Å². The van der Waals surface area contributed by atoms with E-state index in [-0.39, 0.29) is 5.82 Å². The molecule has 4 heteroatoms. The van der Waals surface area contributed by atoms with Crippen molar-refractivity contribution in [1.82, 2.24) is 0 Å². The summed E-state index contributed by atoms with van der Waals surface area (Å²) >= 11 is 11.7. The van der Waals surface area contributed by atoms with E-state index < -0.39 is 6.10 Å². The van der Waals surface area contributed by atoms with Crippen LogP contribution in [0.1, 0.15) is 22.8 Å². The standard InChI is InChI=1S/C14H11Cl2FO/c1-8-6-9(3-5-13(8)17)14(18)10-2-4-11(15)12(16)7-10/h2-7,14,18H,1H3. The van der Waals surface area contributed by atoms with Crippen LogP contribution in [0, 0.1) is 12.7 Å². The lowest BCUT2D eigenvalue weighted by molar-refractivity contribution is 0.220. The first kappa shape index (κ1) is 13.3. The number of hydrogen-bond donors (Lipinski definition) is 1. The van der Waals surface area contributed by atoms with Gasteiger partial charge < -0.3 is 5.11 Å². The number of halogens is 3. The van der Waals surface area contributed by atoms with Crippen molar-refractivity contribution >= 4 is 23.2 Å². The Morgan fingerprint density at radius 3 is 2.22 bits per heavy atom. The maximum absolute atomic E-state index is 13.2. The third kappa shape index (κ3) is 2.66. The van der Waals surface area contributed by atoms with Crippen molar-refractivity contribution in [2.75, 3.05) is 0 Å². The second kappa shape index (κ2) is 5.27. The third-order valence-corrected chi connectivity index (χ3v) is 3.50. The Balaban J connectivity index is 2.37. The molecule has 0 aliphatic rings. The Bertz CT molecular complexity index is 533. The van der Waals surface area contributed by atoms with Crippen LogP contribution in [0.25, 0.3) is 0 Å². The largest absolute Gasteiger partial charge is 0.384 e. The molecule has 2 aromatic carbocycles. The summed E-state index contributed by atoms with van der Waals surface area (Å²) in [5.41, 5.74) is 1.73. The molecule has 0 heterocycles. The minimum Gasteiger partial charge on any atom is -0.384 e. The van der Waals surface area contributed by atoms with Crippen LogP contribution in [-0.2, 0) is 0 Å². The lowest BCUT2D eigenvalue weighted by atomic mass is 10.00. The lowest BCUT2D eigenvalue weighted by Crippen LogP contribution is -2.00. The molecule has 1 nitrogen and oxygen atoms in total. The van der Waals surface area contributed by atoms with Crippen molar-refractivity contribution in [3.05, 3.63) is 69.0 Å². The van der Waals surface area contributed by atoms with Crippen LogP contribution in [0.15, 0.2) is 36.4 Å². The molecule has 0 aliphatic heterocycles. The van der Waals surface area contributed by atoms with Gasteiger partial charge in [0.2, 0.25) is 0 Å². The number of hydrogen-bond acceptors (Lipinski definition) is 1. The summed E-state index contributed by atoms with van der Waals surface area (Å²) < 4.78 is 13.2. The van der Waals surface area contributed by atoms with E-state index in [1.807, 2.05) is 0 Å². The quantitative estimate of drug-likeness (QED) is 0.860. The number of aliphatic hydroxyl groups is 1. The van der Waals surface area contributed by atoms with Crippen molar-refractivity contribution in [1.29, 1.82) is 0 Å². The summed E-state index contributed by atoms with van der Waals surface area (Å²) in [5.74, 6) is -0.292. The van der Waals surface area contributed by atoms with Crippen LogP contribution in [0.5, 0.6) is 0 Å². The zero-order valence-corrected chi connectivity index (χ0v) is 11.1. The van der Waals surface area contributed by atoms with Crippen LogP contribution >= 0.6 is 23.2 Å². The molecule has 0 bridgehead atoms. The van der Waals surface area contributed by atoms with Gasteiger partial charge in [0, 0.05) is 0 Å². The van der Waals surface area contributed by atoms with E-state index in [1.54, 1.807) is 37.3 Å². The van der Waals surface area contributed by atoms with E-state index in [0.29, 0.717) is 26.7 Å². The van der Waals surface area contributed by atoms with Gasteiger partial charge in [0.15, 0.2) is 0 Å². The maximum Gasteiger partial charge on any atom is 0.126 e. The van der Waals surface area contributed by atoms with Gasteiger partial charge in [-0.25, -0.2) is 4.39 Å². The van der Waals surface area contributed by atoms with Gasteiger partial charge >= 0.3 is 0 Å². The molecule has 94 valence electrons. The summed E-state index contributed by atoms with van der Waals surface area (Å²) in [6, 6.07) is 9.42. The highest BCUT2D eigenvalue weighted by Crippen LogP contribution is 2.29. The molecular formula is C14H11Cl2FO. The van der Waals surface area contributed by atoms with E-state index in [4.69, 9.17) is 23.2 Å². The Morgan fingerprint density at radius 1 is 1.00 bits per heavy atom. The smallest absolute Gasteiger partial charge is 0.126 e. The minimum absolute atomic E-state index is 0.292. The van der Waals surface area contributed by atoms with Crippen molar-refractivity contribution in [2.24, 2.45) is 0 Å². The third-order valence-electron chi connectivity index (χ3n) is 2.76. The molecule has 1 atom stereocenters. The first-order valence-electron chi connectivity index (χ1n) is 5.38. The summed E-state index contributed by atoms with van der Waals surface area (Å²) in [4.78, 5) is 0. The highest BCUT2D eigenvalue weighted by Gasteiger charge is 2.13. The van der Waals surface area contributed by atoms with Gasteiger partial charge in [0.1, 0.15) is 11.9 Å². The Kier molecular flexibility index (Phi) is 3.91. The molecule has 2 rings (SSSR count). The molecule has 0 spiro atoms. The fraction of sp³-hybridized carbons (Fsp3) is 0.143. The topological polar surface area (TPSA) is 20.2 Å². The summed E-state index contributed by atoms with van der Waals surface area (Å²) in [6.07, 6.45) is -0.848. The van der Waals surface area contributed by atoms with Crippen molar-refractivity contribution in [3.8, 4) is 0 Å². The van der Waals surface area contributed by atoms with E-state index >= 15 is 0 Å². The molecule has 18 heavy (non-hydrogen) atoms. The van der Waals surface area contributed by atoms with Gasteiger partial charge in [-0.05, 0) is 41.8 Å². The molecule has 1 N–H and O–H groups in total. The van der Waals surface area contributed by atoms with E-state index in [9.17, 15) is 9.50 Å². The van der Waals surface area contributed by atoms with Gasteiger partial charge in [-0.15, -0.1) is 0 Å². The normalized spacial score (nSPS) is 12.5. The second-order valence-corrected chi connectivity index (χ2v) is 4.90. The van der Waals surface area contributed by atoms with E-state index in [1.165, 1.54) is 6.07 Å². The number of aliphatic hydroxyl groups excluding tert-OH is 1. The number of aryl methyl sites for hydroxylation is 1. The van der Waals surface area contributed by atoms with Crippen LogP contribution in [-0.4, -0.2) is 5.11 Å². The fourth-order valence-corrected chi connectivity index (χ4v) is 2.02. The maximum atomic E-state index is 13.2. The van der Waals surface area contributed by atoms with Gasteiger partial charge in [-0.1, -0.05) is 41.4 Å². The van der Waals surface area contributed by atoms with E-state index in [0.717, 1.165) is 0 Å². The monoisotopic (exact) mass is 284 g/mol. The fourth-order valence-electron chi connectivity index (χ4n) is 1.71. The zero-order valence-electron chi connectivity index (χ0n) is 9.62. The van der Waals surface area contributed by atoms with Gasteiger partial charge in [0.25, 0.3) is 0 Å². The van der Waals surface area contributed by atoms with Crippen LogP contribution < -0.4 is 0 Å². The SMILES string of the molecule is Cc1cc(C(O)c2ccc(Cl)c(Cl)c2)ccc1F. The molecule has 0 saturated heterocycles. The van der Waals surface area contributed by atoms with Crippen molar-refractivity contribution in [2.45, 2.75) is 13.0 Å². The molecular weight excluding hydrogens is 274 g/mol. The van der Waals surface area contributed by atoms with Crippen molar-refractivity contribution in [3.63, 3.8) is 0 Å². The van der Waals surface area contributed by atoms with Gasteiger partial charge in [0.05, 0.1) is 10.0 Å². The average molecular weight is 285 g/mol. The summed E-state index contributed by atoms with van der Waals surface area (Å²) in [6.45, 7) is 1.65. The minimum atomic E-state index is -0.848. The van der Waals surface area contributed by atoms with E-state index in [2.05, 4.69) is 0 Å². The van der Waals surface area contributed by atoms with Crippen molar-refractivity contribution < 1.29 is 9.50 Å². The Morgan fingerprint density at radius 2 is 1.61 bits per heavy atom. The number of benzene rings is 2. The van der Waals surface area contributed by atoms with Crippen LogP contribution in [0.3, 0.4) is 0 Å². The molecule has 0 aromatic heterocycles. The zero-order chi connectivity index (χ0) is 13.3.